The van der Waals surface area contributed by atoms with Gasteiger partial charge in [0.05, 0.1) is 0 Å². The predicted octanol–water partition coefficient (Wildman–Crippen LogP) is 1.59. The van der Waals surface area contributed by atoms with E-state index in [2.05, 4.69) is 26.8 Å². The molecule has 1 aromatic carbocycles. The van der Waals surface area contributed by atoms with Gasteiger partial charge in [0.15, 0.2) is 0 Å². The van der Waals surface area contributed by atoms with E-state index in [0.29, 0.717) is 0 Å². The molecule has 0 saturated heterocycles. The molecule has 0 aliphatic heterocycles. The van der Waals surface area contributed by atoms with Crippen molar-refractivity contribution in [2.24, 2.45) is 0 Å². The zero-order valence-electron chi connectivity index (χ0n) is 10.5. The first-order chi connectivity index (χ1) is 6.70. The summed E-state index contributed by atoms with van der Waals surface area (Å²) >= 11 is 0. The van der Waals surface area contributed by atoms with E-state index >= 15 is 0 Å². The van der Waals surface area contributed by atoms with Crippen molar-refractivity contribution in [1.29, 1.82) is 0 Å². The van der Waals surface area contributed by atoms with Gasteiger partial charge >= 0.3 is 18.9 Å². The third-order valence-electron chi connectivity index (χ3n) is 2.67. The molecule has 0 fully saturated rings. The fourth-order valence-electron chi connectivity index (χ4n) is 1.94. The van der Waals surface area contributed by atoms with Crippen molar-refractivity contribution in [3.8, 4) is 0 Å². The molecule has 1 rings (SSSR count). The molecule has 78 valence electrons. The molecule has 0 saturated carbocycles. The SMILES string of the molecule is CCCc1c(C)ccc([NH-])c1CCC.[Li+]. The Morgan fingerprint density at radius 2 is 1.53 bits per heavy atom. The van der Waals surface area contributed by atoms with Crippen molar-refractivity contribution in [3.05, 3.63) is 34.6 Å². The van der Waals surface area contributed by atoms with Gasteiger partial charge < -0.3 is 5.73 Å². The van der Waals surface area contributed by atoms with Gasteiger partial charge in [0, 0.05) is 0 Å². The van der Waals surface area contributed by atoms with Crippen molar-refractivity contribution >= 4 is 5.69 Å². The number of aryl methyl sites for hydroxylation is 1. The van der Waals surface area contributed by atoms with E-state index in [9.17, 15) is 0 Å². The van der Waals surface area contributed by atoms with E-state index in [4.69, 9.17) is 5.73 Å². The average Bonchev–Trinajstić information content (AvgIpc) is 2.17. The van der Waals surface area contributed by atoms with Crippen LogP contribution in [0.1, 0.15) is 43.4 Å². The van der Waals surface area contributed by atoms with Crippen molar-refractivity contribution < 1.29 is 18.9 Å². The topological polar surface area (TPSA) is 23.8 Å². The smallest absolute Gasteiger partial charge is 0.698 e. The summed E-state index contributed by atoms with van der Waals surface area (Å²) in [6.07, 6.45) is 4.47. The molecule has 0 amide bonds. The average molecular weight is 197 g/mol. The van der Waals surface area contributed by atoms with Crippen LogP contribution in [0.4, 0.5) is 5.69 Å². The molecule has 0 bridgehead atoms. The molecule has 2 heteroatoms. The largest absolute Gasteiger partial charge is 1.00 e. The Balaban J connectivity index is 0.00000196. The molecule has 1 nitrogen and oxygen atoms in total. The van der Waals surface area contributed by atoms with Crippen LogP contribution < -0.4 is 18.9 Å². The molecule has 0 spiro atoms. The number of nitrogens with one attached hydrogen (secondary N) is 1. The van der Waals surface area contributed by atoms with Gasteiger partial charge in [0.1, 0.15) is 0 Å². The summed E-state index contributed by atoms with van der Waals surface area (Å²) in [6.45, 7) is 6.53. The molecular weight excluding hydrogens is 177 g/mol. The van der Waals surface area contributed by atoms with Gasteiger partial charge in [0.2, 0.25) is 0 Å². The van der Waals surface area contributed by atoms with Crippen molar-refractivity contribution in [2.75, 3.05) is 0 Å². The first-order valence-corrected chi connectivity index (χ1v) is 5.53. The van der Waals surface area contributed by atoms with Gasteiger partial charge in [-0.2, -0.15) is 0 Å². The Morgan fingerprint density at radius 1 is 1.00 bits per heavy atom. The molecule has 0 aromatic heterocycles. The number of benzene rings is 1. The maximum atomic E-state index is 7.89. The van der Waals surface area contributed by atoms with Gasteiger partial charge in [-0.1, -0.05) is 44.4 Å². The zero-order chi connectivity index (χ0) is 10.6. The molecular formula is C13H20LiN. The molecule has 0 radical (unpaired) electrons. The number of hydrogen-bond donors (Lipinski definition) is 0. The van der Waals surface area contributed by atoms with Gasteiger partial charge in [-0.3, -0.25) is 0 Å². The van der Waals surface area contributed by atoms with E-state index in [0.717, 1.165) is 24.9 Å². The standard InChI is InChI=1S/C13H20N.Li/c1-4-6-11-10(3)8-9-13(14)12(11)7-5-2;/h8-9,14H,4-7H2,1-3H3;/q-1;+1. The minimum atomic E-state index is 0. The molecule has 1 aromatic rings. The summed E-state index contributed by atoms with van der Waals surface area (Å²) in [5, 5.41) is 0. The first kappa shape index (κ1) is 14.6. The maximum absolute atomic E-state index is 7.89. The Morgan fingerprint density at radius 3 is 2.07 bits per heavy atom. The van der Waals surface area contributed by atoms with Crippen LogP contribution in [0.25, 0.3) is 5.73 Å². The second-order valence-electron chi connectivity index (χ2n) is 3.89. The fourth-order valence-corrected chi connectivity index (χ4v) is 1.94. The normalized spacial score (nSPS) is 9.80. The Labute approximate surface area is 106 Å². The van der Waals surface area contributed by atoms with Crippen molar-refractivity contribution in [2.45, 2.75) is 46.5 Å². The minimum absolute atomic E-state index is 0. The molecule has 0 atom stereocenters. The van der Waals surface area contributed by atoms with Crippen LogP contribution in [0.2, 0.25) is 0 Å². The van der Waals surface area contributed by atoms with E-state index < -0.39 is 0 Å². The van der Waals surface area contributed by atoms with E-state index in [1.807, 2.05) is 6.07 Å². The molecule has 0 aliphatic rings. The molecule has 0 aliphatic carbocycles. The maximum Gasteiger partial charge on any atom is 1.00 e. The summed E-state index contributed by atoms with van der Waals surface area (Å²) in [6, 6.07) is 4.01. The predicted molar refractivity (Wildman–Crippen MR) is 63.2 cm³/mol. The van der Waals surface area contributed by atoms with Gasteiger partial charge in [-0.25, -0.2) is 0 Å². The zero-order valence-corrected chi connectivity index (χ0v) is 10.5. The molecule has 15 heavy (non-hydrogen) atoms. The van der Waals surface area contributed by atoms with Crippen LogP contribution in [-0.2, 0) is 12.8 Å². The molecule has 0 heterocycles. The van der Waals surface area contributed by atoms with Crippen molar-refractivity contribution in [3.63, 3.8) is 0 Å². The summed E-state index contributed by atoms with van der Waals surface area (Å²) < 4.78 is 0. The van der Waals surface area contributed by atoms with Crippen LogP contribution in [-0.4, -0.2) is 0 Å². The molecule has 0 unspecified atom stereocenters. The Hall–Kier alpha value is -0.383. The van der Waals surface area contributed by atoms with Crippen molar-refractivity contribution in [1.82, 2.24) is 0 Å². The second-order valence-corrected chi connectivity index (χ2v) is 3.89. The second kappa shape index (κ2) is 6.98. The van der Waals surface area contributed by atoms with Gasteiger partial charge in [-0.05, 0) is 30.9 Å². The van der Waals surface area contributed by atoms with E-state index in [1.54, 1.807) is 0 Å². The molecule has 1 N–H and O–H groups in total. The van der Waals surface area contributed by atoms with Gasteiger partial charge in [0.25, 0.3) is 0 Å². The third kappa shape index (κ3) is 3.59. The summed E-state index contributed by atoms with van der Waals surface area (Å²) in [4.78, 5) is 0. The monoisotopic (exact) mass is 197 g/mol. The fraction of sp³-hybridized carbons (Fsp3) is 0.538. The van der Waals surface area contributed by atoms with Crippen LogP contribution in [0.5, 0.6) is 0 Å². The number of hydrogen-bond acceptors (Lipinski definition) is 0. The number of rotatable bonds is 4. The van der Waals surface area contributed by atoms with E-state index in [-0.39, 0.29) is 18.9 Å². The van der Waals surface area contributed by atoms with Crippen LogP contribution in [0, 0.1) is 6.92 Å². The Bertz CT molecular complexity index is 277. The minimum Gasteiger partial charge on any atom is -0.698 e. The third-order valence-corrected chi connectivity index (χ3v) is 2.67. The van der Waals surface area contributed by atoms with Crippen LogP contribution in [0.15, 0.2) is 12.1 Å². The van der Waals surface area contributed by atoms with E-state index in [1.165, 1.54) is 23.1 Å². The summed E-state index contributed by atoms with van der Waals surface area (Å²) in [7, 11) is 0. The van der Waals surface area contributed by atoms with Crippen LogP contribution >= 0.6 is 0 Å². The Kier molecular flexibility index (Phi) is 6.81. The quantitative estimate of drug-likeness (QED) is 0.654. The van der Waals surface area contributed by atoms with Gasteiger partial charge in [-0.15, -0.1) is 5.69 Å². The first-order valence-electron chi connectivity index (χ1n) is 5.53. The van der Waals surface area contributed by atoms with Crippen LogP contribution in [0.3, 0.4) is 0 Å². The summed E-state index contributed by atoms with van der Waals surface area (Å²) in [5.41, 5.74) is 12.7. The summed E-state index contributed by atoms with van der Waals surface area (Å²) in [5.74, 6) is 0.